The Bertz CT molecular complexity index is 453. The van der Waals surface area contributed by atoms with Gasteiger partial charge in [0.2, 0.25) is 0 Å². The molecule has 0 radical (unpaired) electrons. The van der Waals surface area contributed by atoms with Crippen LogP contribution in [0.2, 0.25) is 0 Å². The van der Waals surface area contributed by atoms with E-state index in [2.05, 4.69) is 21.2 Å². The Labute approximate surface area is 114 Å². The highest BCUT2D eigenvalue weighted by Crippen LogP contribution is 2.25. The third kappa shape index (κ3) is 2.90. The number of carbonyl (C=O) groups excluding carboxylic acids is 1. The molecule has 1 saturated carbocycles. The highest BCUT2D eigenvalue weighted by molar-refractivity contribution is 9.10. The van der Waals surface area contributed by atoms with Crippen LogP contribution in [0.5, 0.6) is 0 Å². The van der Waals surface area contributed by atoms with Gasteiger partial charge in [-0.1, -0.05) is 6.42 Å². The van der Waals surface area contributed by atoms with Gasteiger partial charge in [0, 0.05) is 10.5 Å². The normalized spacial score (nSPS) is 23.1. The molecule has 98 valence electrons. The monoisotopic (exact) mass is 314 g/mol. The molecule has 1 aromatic rings. The van der Waals surface area contributed by atoms with Crippen molar-refractivity contribution in [2.75, 3.05) is 6.54 Å². The zero-order valence-electron chi connectivity index (χ0n) is 9.96. The molecule has 0 spiro atoms. The molecule has 1 fully saturated rings. The van der Waals surface area contributed by atoms with Crippen molar-refractivity contribution in [1.29, 1.82) is 0 Å². The Morgan fingerprint density at radius 1 is 1.50 bits per heavy atom. The van der Waals surface area contributed by atoms with E-state index >= 15 is 0 Å². The number of nitrogens with one attached hydrogen (secondary N) is 1. The van der Waals surface area contributed by atoms with Crippen LogP contribution in [0.15, 0.2) is 22.7 Å². The first-order valence-corrected chi connectivity index (χ1v) is 6.87. The second kappa shape index (κ2) is 5.80. The van der Waals surface area contributed by atoms with Gasteiger partial charge in [0.1, 0.15) is 5.82 Å². The van der Waals surface area contributed by atoms with E-state index in [1.165, 1.54) is 18.2 Å². The smallest absolute Gasteiger partial charge is 0.252 e. The summed E-state index contributed by atoms with van der Waals surface area (Å²) < 4.78 is 13.4. The number of nitrogens with two attached hydrogens (primary N) is 1. The second-order valence-electron chi connectivity index (χ2n) is 4.63. The van der Waals surface area contributed by atoms with Crippen LogP contribution >= 0.6 is 15.9 Å². The number of benzene rings is 1. The summed E-state index contributed by atoms with van der Waals surface area (Å²) in [5.41, 5.74) is 6.14. The molecule has 0 aromatic heterocycles. The third-order valence-corrected chi connectivity index (χ3v) is 4.11. The van der Waals surface area contributed by atoms with E-state index in [4.69, 9.17) is 5.73 Å². The molecule has 1 aliphatic rings. The van der Waals surface area contributed by atoms with Crippen molar-refractivity contribution < 1.29 is 9.18 Å². The molecule has 0 bridgehead atoms. The van der Waals surface area contributed by atoms with Crippen LogP contribution in [0.1, 0.15) is 29.6 Å². The van der Waals surface area contributed by atoms with Crippen molar-refractivity contribution >= 4 is 21.8 Å². The number of rotatable bonds is 3. The fraction of sp³-hybridized carbons (Fsp3) is 0.462. The quantitative estimate of drug-likeness (QED) is 0.900. The van der Waals surface area contributed by atoms with Gasteiger partial charge in [-0.15, -0.1) is 0 Å². The number of halogens is 2. The fourth-order valence-electron chi connectivity index (χ4n) is 2.43. The van der Waals surface area contributed by atoms with Gasteiger partial charge in [-0.2, -0.15) is 0 Å². The van der Waals surface area contributed by atoms with Crippen LogP contribution in [0, 0.1) is 11.7 Å². The van der Waals surface area contributed by atoms with E-state index in [-0.39, 0.29) is 17.8 Å². The SMILES string of the molecule is NCC1CCCC1NC(=O)c1ccc(F)cc1Br. The van der Waals surface area contributed by atoms with Gasteiger partial charge in [0.05, 0.1) is 5.56 Å². The van der Waals surface area contributed by atoms with E-state index in [1.807, 2.05) is 0 Å². The number of carbonyl (C=O) groups is 1. The summed E-state index contributed by atoms with van der Waals surface area (Å²) in [7, 11) is 0. The molecule has 3 N–H and O–H groups in total. The Morgan fingerprint density at radius 3 is 2.94 bits per heavy atom. The summed E-state index contributed by atoms with van der Waals surface area (Å²) in [6.07, 6.45) is 3.12. The zero-order chi connectivity index (χ0) is 13.1. The average molecular weight is 315 g/mol. The largest absolute Gasteiger partial charge is 0.349 e. The van der Waals surface area contributed by atoms with E-state index in [0.717, 1.165) is 19.3 Å². The van der Waals surface area contributed by atoms with Crippen molar-refractivity contribution in [3.8, 4) is 0 Å². The van der Waals surface area contributed by atoms with Crippen molar-refractivity contribution in [2.45, 2.75) is 25.3 Å². The Kier molecular flexibility index (Phi) is 4.35. The number of hydrogen-bond donors (Lipinski definition) is 2. The van der Waals surface area contributed by atoms with Crippen LogP contribution in [0.4, 0.5) is 4.39 Å². The molecule has 2 rings (SSSR count). The van der Waals surface area contributed by atoms with Crippen LogP contribution in [0.25, 0.3) is 0 Å². The lowest BCUT2D eigenvalue weighted by molar-refractivity contribution is 0.0928. The molecule has 1 amide bonds. The molecule has 0 aliphatic heterocycles. The molecular weight excluding hydrogens is 299 g/mol. The van der Waals surface area contributed by atoms with E-state index in [9.17, 15) is 9.18 Å². The summed E-state index contributed by atoms with van der Waals surface area (Å²) in [6.45, 7) is 0.593. The first-order chi connectivity index (χ1) is 8.61. The summed E-state index contributed by atoms with van der Waals surface area (Å²) in [5, 5.41) is 2.99. The number of hydrogen-bond acceptors (Lipinski definition) is 2. The van der Waals surface area contributed by atoms with Crippen molar-refractivity contribution in [2.24, 2.45) is 11.7 Å². The minimum absolute atomic E-state index is 0.138. The highest BCUT2D eigenvalue weighted by Gasteiger charge is 2.27. The van der Waals surface area contributed by atoms with E-state index < -0.39 is 0 Å². The van der Waals surface area contributed by atoms with Gasteiger partial charge >= 0.3 is 0 Å². The van der Waals surface area contributed by atoms with Crippen LogP contribution in [0.3, 0.4) is 0 Å². The van der Waals surface area contributed by atoms with Gasteiger partial charge < -0.3 is 11.1 Å². The van der Waals surface area contributed by atoms with Crippen LogP contribution in [-0.2, 0) is 0 Å². The maximum Gasteiger partial charge on any atom is 0.252 e. The molecule has 2 atom stereocenters. The Morgan fingerprint density at radius 2 is 2.28 bits per heavy atom. The standard InChI is InChI=1S/C13H16BrFN2O/c14-11-6-9(15)4-5-10(11)13(18)17-12-3-1-2-8(12)7-16/h4-6,8,12H,1-3,7,16H2,(H,17,18). The van der Waals surface area contributed by atoms with Crippen LogP contribution < -0.4 is 11.1 Å². The van der Waals surface area contributed by atoms with Crippen LogP contribution in [-0.4, -0.2) is 18.5 Å². The van der Waals surface area contributed by atoms with Gasteiger partial charge in [0.25, 0.3) is 5.91 Å². The minimum Gasteiger partial charge on any atom is -0.349 e. The molecule has 18 heavy (non-hydrogen) atoms. The molecule has 1 aromatic carbocycles. The fourth-order valence-corrected chi connectivity index (χ4v) is 2.96. The van der Waals surface area contributed by atoms with Gasteiger partial charge in [0.15, 0.2) is 0 Å². The first-order valence-electron chi connectivity index (χ1n) is 6.08. The van der Waals surface area contributed by atoms with Gasteiger partial charge in [-0.25, -0.2) is 4.39 Å². The summed E-state index contributed by atoms with van der Waals surface area (Å²) >= 11 is 3.20. The second-order valence-corrected chi connectivity index (χ2v) is 5.49. The highest BCUT2D eigenvalue weighted by atomic mass is 79.9. The zero-order valence-corrected chi connectivity index (χ0v) is 11.5. The topological polar surface area (TPSA) is 55.1 Å². The van der Waals surface area contributed by atoms with E-state index in [1.54, 1.807) is 0 Å². The predicted octanol–water partition coefficient (Wildman–Crippen LogP) is 2.45. The lowest BCUT2D eigenvalue weighted by Gasteiger charge is -2.19. The minimum atomic E-state index is -0.362. The lowest BCUT2D eigenvalue weighted by atomic mass is 10.0. The Balaban J connectivity index is 2.07. The summed E-state index contributed by atoms with van der Waals surface area (Å²) in [5.74, 6) is -0.181. The molecule has 1 aliphatic carbocycles. The van der Waals surface area contributed by atoms with E-state index in [0.29, 0.717) is 22.5 Å². The molecular formula is C13H16BrFN2O. The van der Waals surface area contributed by atoms with Gasteiger partial charge in [-0.05, 0) is 59.4 Å². The number of amides is 1. The average Bonchev–Trinajstić information content (AvgIpc) is 2.76. The molecule has 0 heterocycles. The molecule has 3 nitrogen and oxygen atoms in total. The molecule has 2 unspecified atom stereocenters. The van der Waals surface area contributed by atoms with Crippen molar-refractivity contribution in [1.82, 2.24) is 5.32 Å². The molecule has 0 saturated heterocycles. The maximum atomic E-state index is 13.0. The molecule has 5 heteroatoms. The van der Waals surface area contributed by atoms with Crippen molar-refractivity contribution in [3.05, 3.63) is 34.1 Å². The summed E-state index contributed by atoms with van der Waals surface area (Å²) in [6, 6.07) is 4.21. The predicted molar refractivity (Wildman–Crippen MR) is 71.7 cm³/mol. The maximum absolute atomic E-state index is 13.0. The van der Waals surface area contributed by atoms with Gasteiger partial charge in [-0.3, -0.25) is 4.79 Å². The first kappa shape index (κ1) is 13.5. The van der Waals surface area contributed by atoms with Crippen molar-refractivity contribution in [3.63, 3.8) is 0 Å². The Hall–Kier alpha value is -0.940. The summed E-state index contributed by atoms with van der Waals surface area (Å²) in [4.78, 5) is 12.1. The third-order valence-electron chi connectivity index (χ3n) is 3.45. The lowest BCUT2D eigenvalue weighted by Crippen LogP contribution is -2.40.